The predicted molar refractivity (Wildman–Crippen MR) is 77.6 cm³/mol. The maximum absolute atomic E-state index is 12.2. The maximum Gasteiger partial charge on any atom is 0.326 e. The number of thioether (sulfide) groups is 1. The van der Waals surface area contributed by atoms with E-state index in [4.69, 9.17) is 5.11 Å². The summed E-state index contributed by atoms with van der Waals surface area (Å²) in [5.41, 5.74) is 0. The van der Waals surface area contributed by atoms with Gasteiger partial charge in [0.25, 0.3) is 0 Å². The Morgan fingerprint density at radius 3 is 2.63 bits per heavy atom. The first kappa shape index (κ1) is 16.1. The fourth-order valence-electron chi connectivity index (χ4n) is 1.89. The van der Waals surface area contributed by atoms with Gasteiger partial charge in [0.1, 0.15) is 6.04 Å². The average Bonchev–Trinajstić information content (AvgIpc) is 3.19. The minimum atomic E-state index is -0.950. The van der Waals surface area contributed by atoms with Gasteiger partial charge in [-0.15, -0.1) is 0 Å². The first-order valence-corrected chi connectivity index (χ1v) is 8.28. The van der Waals surface area contributed by atoms with Crippen LogP contribution in [0.2, 0.25) is 0 Å². The van der Waals surface area contributed by atoms with Crippen LogP contribution in [-0.4, -0.2) is 52.6 Å². The SMILES string of the molecule is CCCCN(C(=O)NC(CCSC)C(=O)O)C1CC1. The summed E-state index contributed by atoms with van der Waals surface area (Å²) in [4.78, 5) is 25.1. The lowest BCUT2D eigenvalue weighted by atomic mass is 10.2. The Hall–Kier alpha value is -0.910. The second-order valence-corrected chi connectivity index (χ2v) is 5.89. The molecule has 1 saturated carbocycles. The smallest absolute Gasteiger partial charge is 0.326 e. The molecule has 6 heteroatoms. The molecule has 0 saturated heterocycles. The number of hydrogen-bond donors (Lipinski definition) is 2. The van der Waals surface area contributed by atoms with Gasteiger partial charge in [-0.05, 0) is 37.7 Å². The highest BCUT2D eigenvalue weighted by Gasteiger charge is 2.33. The van der Waals surface area contributed by atoms with E-state index in [0.717, 1.165) is 38.0 Å². The molecule has 0 bridgehead atoms. The van der Waals surface area contributed by atoms with E-state index in [1.54, 1.807) is 16.7 Å². The van der Waals surface area contributed by atoms with E-state index < -0.39 is 12.0 Å². The molecule has 110 valence electrons. The van der Waals surface area contributed by atoms with Gasteiger partial charge in [-0.25, -0.2) is 9.59 Å². The normalized spacial score (nSPS) is 15.9. The predicted octanol–water partition coefficient (Wildman–Crippen LogP) is 2.17. The number of carboxylic acid groups (broad SMARTS) is 1. The lowest BCUT2D eigenvalue weighted by molar-refractivity contribution is -0.139. The maximum atomic E-state index is 12.2. The standard InChI is InChI=1S/C13H24N2O3S/c1-3-4-8-15(10-5-6-10)13(18)14-11(12(16)17)7-9-19-2/h10-11H,3-9H2,1-2H3,(H,14,18)(H,16,17). The summed E-state index contributed by atoms with van der Waals surface area (Å²) in [5.74, 6) is -0.219. The zero-order valence-corrected chi connectivity index (χ0v) is 12.5. The molecule has 0 radical (unpaired) electrons. The van der Waals surface area contributed by atoms with Gasteiger partial charge in [0.2, 0.25) is 0 Å². The third-order valence-corrected chi connectivity index (χ3v) is 3.85. The largest absolute Gasteiger partial charge is 0.480 e. The molecule has 19 heavy (non-hydrogen) atoms. The molecule has 1 fully saturated rings. The number of unbranched alkanes of at least 4 members (excludes halogenated alkanes) is 1. The second kappa shape index (κ2) is 8.30. The van der Waals surface area contributed by atoms with Gasteiger partial charge in [0.05, 0.1) is 0 Å². The summed E-state index contributed by atoms with van der Waals surface area (Å²) in [6, 6.07) is -0.672. The molecule has 0 aliphatic heterocycles. The number of aliphatic carboxylic acids is 1. The topological polar surface area (TPSA) is 69.6 Å². The molecule has 1 aliphatic rings. The Morgan fingerprint density at radius 1 is 1.47 bits per heavy atom. The number of rotatable bonds is 9. The number of hydrogen-bond acceptors (Lipinski definition) is 3. The zero-order valence-electron chi connectivity index (χ0n) is 11.7. The number of carbonyl (C=O) groups excluding carboxylic acids is 1. The fourth-order valence-corrected chi connectivity index (χ4v) is 2.36. The minimum Gasteiger partial charge on any atom is -0.480 e. The average molecular weight is 288 g/mol. The van der Waals surface area contributed by atoms with E-state index in [1.165, 1.54) is 0 Å². The molecule has 0 spiro atoms. The van der Waals surface area contributed by atoms with Crippen molar-refractivity contribution in [3.63, 3.8) is 0 Å². The van der Waals surface area contributed by atoms with Gasteiger partial charge >= 0.3 is 12.0 Å². The third kappa shape index (κ3) is 5.72. The zero-order chi connectivity index (χ0) is 14.3. The van der Waals surface area contributed by atoms with Crippen molar-refractivity contribution in [2.45, 2.75) is 51.1 Å². The molecule has 1 atom stereocenters. The lowest BCUT2D eigenvalue weighted by Crippen LogP contribution is -2.49. The molecular formula is C13H24N2O3S. The number of amides is 2. The first-order chi connectivity index (χ1) is 9.10. The Balaban J connectivity index is 2.49. The van der Waals surface area contributed by atoms with Crippen LogP contribution in [0.4, 0.5) is 4.79 Å². The van der Waals surface area contributed by atoms with Crippen LogP contribution in [0, 0.1) is 0 Å². The van der Waals surface area contributed by atoms with Crippen LogP contribution in [0.5, 0.6) is 0 Å². The number of nitrogens with one attached hydrogen (secondary N) is 1. The Morgan fingerprint density at radius 2 is 2.16 bits per heavy atom. The van der Waals surface area contributed by atoms with E-state index in [9.17, 15) is 9.59 Å². The third-order valence-electron chi connectivity index (χ3n) is 3.21. The lowest BCUT2D eigenvalue weighted by Gasteiger charge is -2.25. The van der Waals surface area contributed by atoms with Crippen LogP contribution in [0.25, 0.3) is 0 Å². The Labute approximate surface area is 119 Å². The van der Waals surface area contributed by atoms with Gasteiger partial charge in [-0.2, -0.15) is 11.8 Å². The van der Waals surface area contributed by atoms with Crippen LogP contribution in [0.3, 0.4) is 0 Å². The molecule has 2 amide bonds. The van der Waals surface area contributed by atoms with Crippen molar-refractivity contribution in [3.05, 3.63) is 0 Å². The van der Waals surface area contributed by atoms with Crippen LogP contribution in [-0.2, 0) is 4.79 Å². The van der Waals surface area contributed by atoms with Gasteiger partial charge in [-0.1, -0.05) is 13.3 Å². The van der Waals surface area contributed by atoms with E-state index in [2.05, 4.69) is 12.2 Å². The van der Waals surface area contributed by atoms with Crippen molar-refractivity contribution < 1.29 is 14.7 Å². The van der Waals surface area contributed by atoms with Crippen molar-refractivity contribution >= 4 is 23.8 Å². The van der Waals surface area contributed by atoms with E-state index >= 15 is 0 Å². The van der Waals surface area contributed by atoms with Crippen molar-refractivity contribution in [2.75, 3.05) is 18.6 Å². The van der Waals surface area contributed by atoms with Crippen molar-refractivity contribution in [1.29, 1.82) is 0 Å². The number of carbonyl (C=O) groups is 2. The van der Waals surface area contributed by atoms with Crippen LogP contribution in [0.1, 0.15) is 39.0 Å². The highest BCUT2D eigenvalue weighted by atomic mass is 32.2. The summed E-state index contributed by atoms with van der Waals surface area (Å²) >= 11 is 1.59. The van der Waals surface area contributed by atoms with Gasteiger partial charge in [-0.3, -0.25) is 0 Å². The molecule has 2 N–H and O–H groups in total. The Kier molecular flexibility index (Phi) is 7.05. The number of urea groups is 1. The molecule has 0 aromatic rings. The summed E-state index contributed by atoms with van der Waals surface area (Å²) in [6.45, 7) is 2.81. The molecule has 5 nitrogen and oxygen atoms in total. The van der Waals surface area contributed by atoms with Gasteiger partial charge in [0.15, 0.2) is 0 Å². The highest BCUT2D eigenvalue weighted by Crippen LogP contribution is 2.27. The summed E-state index contributed by atoms with van der Waals surface area (Å²) in [7, 11) is 0. The van der Waals surface area contributed by atoms with Crippen molar-refractivity contribution in [1.82, 2.24) is 10.2 Å². The van der Waals surface area contributed by atoms with E-state index in [0.29, 0.717) is 12.5 Å². The van der Waals surface area contributed by atoms with Crippen LogP contribution >= 0.6 is 11.8 Å². The summed E-state index contributed by atoms with van der Waals surface area (Å²) in [6.07, 6.45) is 6.48. The second-order valence-electron chi connectivity index (χ2n) is 4.90. The molecule has 1 unspecified atom stereocenters. The van der Waals surface area contributed by atoms with E-state index in [1.807, 2.05) is 6.26 Å². The number of carboxylic acids is 1. The monoisotopic (exact) mass is 288 g/mol. The summed E-state index contributed by atoms with van der Waals surface area (Å²) < 4.78 is 0. The molecule has 0 aromatic heterocycles. The minimum absolute atomic E-state index is 0.218. The quantitative estimate of drug-likeness (QED) is 0.682. The number of nitrogens with zero attached hydrogens (tertiary/aromatic N) is 1. The van der Waals surface area contributed by atoms with Gasteiger partial charge < -0.3 is 15.3 Å². The molecule has 1 rings (SSSR count). The molecule has 1 aliphatic carbocycles. The van der Waals surface area contributed by atoms with Crippen molar-refractivity contribution in [3.8, 4) is 0 Å². The van der Waals surface area contributed by atoms with Crippen LogP contribution < -0.4 is 5.32 Å². The van der Waals surface area contributed by atoms with Crippen molar-refractivity contribution in [2.24, 2.45) is 0 Å². The van der Waals surface area contributed by atoms with Crippen LogP contribution in [0.15, 0.2) is 0 Å². The van der Waals surface area contributed by atoms with Gasteiger partial charge in [0, 0.05) is 12.6 Å². The molecule has 0 heterocycles. The molecule has 0 aromatic carbocycles. The van der Waals surface area contributed by atoms with E-state index in [-0.39, 0.29) is 6.03 Å². The Bertz CT molecular complexity index is 308. The first-order valence-electron chi connectivity index (χ1n) is 6.89. The fraction of sp³-hybridized carbons (Fsp3) is 0.846. The highest BCUT2D eigenvalue weighted by molar-refractivity contribution is 7.98. The molecular weight excluding hydrogens is 264 g/mol. The summed E-state index contributed by atoms with van der Waals surface area (Å²) in [5, 5.41) is 11.8.